The summed E-state index contributed by atoms with van der Waals surface area (Å²) in [7, 11) is 1.48. The van der Waals surface area contributed by atoms with Crippen LogP contribution in [0.15, 0.2) is 61.2 Å². The molecule has 8 heteroatoms. The van der Waals surface area contributed by atoms with Gasteiger partial charge in [-0.15, -0.1) is 0 Å². The zero-order chi connectivity index (χ0) is 25.4. The molecular formula is C27H28F3N3O2. The van der Waals surface area contributed by atoms with Crippen LogP contribution in [0.2, 0.25) is 0 Å². The highest BCUT2D eigenvalue weighted by molar-refractivity contribution is 5.82. The molecule has 0 spiro atoms. The van der Waals surface area contributed by atoms with Crippen LogP contribution < -0.4 is 4.74 Å². The van der Waals surface area contributed by atoms with Gasteiger partial charge in [0.15, 0.2) is 5.60 Å². The first-order valence-corrected chi connectivity index (χ1v) is 11.2. The Bertz CT molecular complexity index is 1330. The zero-order valence-electron chi connectivity index (χ0n) is 20.1. The van der Waals surface area contributed by atoms with Gasteiger partial charge in [-0.2, -0.15) is 13.2 Å². The number of H-pyrrole nitrogens is 1. The van der Waals surface area contributed by atoms with Gasteiger partial charge in [0.05, 0.1) is 18.8 Å². The molecule has 0 aliphatic carbocycles. The molecule has 3 heterocycles. The van der Waals surface area contributed by atoms with Gasteiger partial charge in [0.25, 0.3) is 0 Å². The van der Waals surface area contributed by atoms with Crippen molar-refractivity contribution in [1.82, 2.24) is 15.0 Å². The van der Waals surface area contributed by atoms with Gasteiger partial charge in [0.1, 0.15) is 5.75 Å². The lowest BCUT2D eigenvalue weighted by atomic mass is 9.72. The van der Waals surface area contributed by atoms with Gasteiger partial charge in [-0.1, -0.05) is 26.0 Å². The van der Waals surface area contributed by atoms with E-state index in [0.717, 1.165) is 22.1 Å². The number of halogens is 3. The summed E-state index contributed by atoms with van der Waals surface area (Å²) in [6, 6.07) is 10.7. The number of methoxy groups -OCH3 is 1. The van der Waals surface area contributed by atoms with Crippen molar-refractivity contribution in [3.63, 3.8) is 0 Å². The van der Waals surface area contributed by atoms with Crippen molar-refractivity contribution in [2.75, 3.05) is 7.11 Å². The smallest absolute Gasteiger partial charge is 0.417 e. The third kappa shape index (κ3) is 4.89. The van der Waals surface area contributed by atoms with Crippen LogP contribution in [0.3, 0.4) is 0 Å². The van der Waals surface area contributed by atoms with Crippen molar-refractivity contribution in [1.29, 1.82) is 0 Å². The van der Waals surface area contributed by atoms with E-state index in [0.29, 0.717) is 22.5 Å². The molecule has 1 atom stereocenters. The van der Waals surface area contributed by atoms with E-state index >= 15 is 0 Å². The van der Waals surface area contributed by atoms with Gasteiger partial charge in [-0.25, -0.2) is 0 Å². The third-order valence-corrected chi connectivity index (χ3v) is 6.47. The lowest BCUT2D eigenvalue weighted by Crippen LogP contribution is -2.51. The van der Waals surface area contributed by atoms with Crippen LogP contribution in [-0.4, -0.2) is 38.9 Å². The summed E-state index contributed by atoms with van der Waals surface area (Å²) in [5, 5.41) is 11.9. The van der Waals surface area contributed by atoms with E-state index in [1.54, 1.807) is 56.8 Å². The van der Waals surface area contributed by atoms with Crippen molar-refractivity contribution in [2.45, 2.75) is 50.8 Å². The van der Waals surface area contributed by atoms with Crippen LogP contribution in [0, 0.1) is 6.92 Å². The Balaban J connectivity index is 1.73. The number of aliphatic hydroxyl groups is 1. The zero-order valence-corrected chi connectivity index (χ0v) is 20.1. The quantitative estimate of drug-likeness (QED) is 0.331. The number of aryl methyl sites for hydroxylation is 1. The Hall–Kier alpha value is -3.39. The fourth-order valence-corrected chi connectivity index (χ4v) is 4.70. The summed E-state index contributed by atoms with van der Waals surface area (Å²) in [4.78, 5) is 11.2. The molecule has 0 bridgehead atoms. The SMILES string of the molecule is COc1ccc(-c2cccnc2)cc1C(C)(C)CC(O)(Cc1cc2c(C)cncc2[nH]1)C(F)(F)F. The second kappa shape index (κ2) is 9.00. The molecule has 4 rings (SSSR count). The van der Waals surface area contributed by atoms with Gasteiger partial charge < -0.3 is 14.8 Å². The molecule has 184 valence electrons. The van der Waals surface area contributed by atoms with Crippen LogP contribution in [-0.2, 0) is 11.8 Å². The number of ether oxygens (including phenoxy) is 1. The highest BCUT2D eigenvalue weighted by Crippen LogP contribution is 2.46. The Kier molecular flexibility index (Phi) is 6.36. The predicted octanol–water partition coefficient (Wildman–Crippen LogP) is 6.15. The lowest BCUT2D eigenvalue weighted by molar-refractivity contribution is -0.266. The van der Waals surface area contributed by atoms with Gasteiger partial charge in [-0.05, 0) is 54.2 Å². The first kappa shape index (κ1) is 24.7. The van der Waals surface area contributed by atoms with E-state index in [1.165, 1.54) is 7.11 Å². The molecule has 1 aromatic carbocycles. The molecule has 0 amide bonds. The van der Waals surface area contributed by atoms with Gasteiger partial charge in [-0.3, -0.25) is 9.97 Å². The van der Waals surface area contributed by atoms with Crippen LogP contribution in [0.1, 0.15) is 37.1 Å². The average Bonchev–Trinajstić information content (AvgIpc) is 3.21. The third-order valence-electron chi connectivity index (χ3n) is 6.47. The normalized spacial score (nSPS) is 14.2. The number of pyridine rings is 2. The van der Waals surface area contributed by atoms with Gasteiger partial charge in [0, 0.05) is 47.2 Å². The molecule has 4 aromatic rings. The Morgan fingerprint density at radius 3 is 2.40 bits per heavy atom. The fraction of sp³-hybridized carbons (Fsp3) is 0.333. The molecule has 0 aliphatic rings. The van der Waals surface area contributed by atoms with Gasteiger partial charge >= 0.3 is 6.18 Å². The number of fused-ring (bicyclic) bond motifs is 1. The second-order valence-corrected chi connectivity index (χ2v) is 9.64. The maximum absolute atomic E-state index is 14.4. The Labute approximate surface area is 202 Å². The number of aromatic amines is 1. The molecule has 0 radical (unpaired) electrons. The molecule has 5 nitrogen and oxygen atoms in total. The number of benzene rings is 1. The summed E-state index contributed by atoms with van der Waals surface area (Å²) in [6.45, 7) is 5.22. The summed E-state index contributed by atoms with van der Waals surface area (Å²) in [6.07, 6.45) is 0.530. The molecule has 0 fully saturated rings. The molecule has 0 saturated heterocycles. The maximum atomic E-state index is 14.4. The number of nitrogens with one attached hydrogen (secondary N) is 1. The van der Waals surface area contributed by atoms with Crippen LogP contribution in [0.4, 0.5) is 13.2 Å². The minimum Gasteiger partial charge on any atom is -0.496 e. The molecule has 0 aliphatic heterocycles. The van der Waals surface area contributed by atoms with Crippen molar-refractivity contribution < 1.29 is 23.0 Å². The molecule has 3 aromatic heterocycles. The van der Waals surface area contributed by atoms with Gasteiger partial charge in [0.2, 0.25) is 0 Å². The lowest BCUT2D eigenvalue weighted by Gasteiger charge is -2.38. The highest BCUT2D eigenvalue weighted by atomic mass is 19.4. The molecule has 0 saturated carbocycles. The van der Waals surface area contributed by atoms with E-state index in [2.05, 4.69) is 15.0 Å². The highest BCUT2D eigenvalue weighted by Gasteiger charge is 2.56. The Morgan fingerprint density at radius 2 is 1.77 bits per heavy atom. The maximum Gasteiger partial charge on any atom is 0.417 e. The van der Waals surface area contributed by atoms with E-state index in [1.807, 2.05) is 25.1 Å². The van der Waals surface area contributed by atoms with E-state index in [4.69, 9.17) is 4.74 Å². The second-order valence-electron chi connectivity index (χ2n) is 9.64. The minimum atomic E-state index is -4.86. The number of rotatable bonds is 7. The predicted molar refractivity (Wildman–Crippen MR) is 129 cm³/mol. The van der Waals surface area contributed by atoms with E-state index in [9.17, 15) is 18.3 Å². The Morgan fingerprint density at radius 1 is 1.00 bits per heavy atom. The van der Waals surface area contributed by atoms with Crippen molar-refractivity contribution >= 4 is 10.9 Å². The molecular weight excluding hydrogens is 455 g/mol. The van der Waals surface area contributed by atoms with Crippen LogP contribution in [0.25, 0.3) is 22.0 Å². The number of aromatic nitrogens is 3. The van der Waals surface area contributed by atoms with Crippen LogP contribution in [0.5, 0.6) is 5.75 Å². The summed E-state index contributed by atoms with van der Waals surface area (Å²) in [5.41, 5.74) is -0.0850. The summed E-state index contributed by atoms with van der Waals surface area (Å²) < 4.78 is 48.6. The summed E-state index contributed by atoms with van der Waals surface area (Å²) in [5.74, 6) is 0.458. The monoisotopic (exact) mass is 483 g/mol. The van der Waals surface area contributed by atoms with E-state index in [-0.39, 0.29) is 0 Å². The topological polar surface area (TPSA) is 71.0 Å². The number of hydrogen-bond donors (Lipinski definition) is 2. The number of hydrogen-bond acceptors (Lipinski definition) is 4. The average molecular weight is 484 g/mol. The standard InChI is InChI=1S/C27H28F3N3O2/c1-17-13-32-15-23-21(17)11-20(33-23)12-26(34,27(28,29)30)16-25(2,3)22-10-18(7-8-24(22)35-4)19-6-5-9-31-14-19/h5-11,13-15,33-34H,12,16H2,1-4H3. The minimum absolute atomic E-state index is 0.294. The number of nitrogens with zero attached hydrogens (tertiary/aromatic N) is 2. The first-order valence-electron chi connectivity index (χ1n) is 11.2. The first-order chi connectivity index (χ1) is 16.4. The van der Waals surface area contributed by atoms with Crippen molar-refractivity contribution in [2.24, 2.45) is 0 Å². The largest absolute Gasteiger partial charge is 0.496 e. The molecule has 1 unspecified atom stereocenters. The summed E-state index contributed by atoms with van der Waals surface area (Å²) >= 11 is 0. The van der Waals surface area contributed by atoms with E-state index < -0.39 is 30.0 Å². The molecule has 2 N–H and O–H groups in total. The number of alkyl halides is 3. The van der Waals surface area contributed by atoms with Crippen LogP contribution >= 0.6 is 0 Å². The van der Waals surface area contributed by atoms with Crippen molar-refractivity contribution in [3.8, 4) is 16.9 Å². The molecule has 35 heavy (non-hydrogen) atoms. The van der Waals surface area contributed by atoms with Crippen molar-refractivity contribution in [3.05, 3.63) is 78.0 Å². The fourth-order valence-electron chi connectivity index (χ4n) is 4.70.